The summed E-state index contributed by atoms with van der Waals surface area (Å²) in [5.41, 5.74) is 7.84. The molecule has 0 atom stereocenters. The van der Waals surface area contributed by atoms with Crippen LogP contribution in [0, 0.1) is 13.8 Å². The molecule has 3 N–H and O–H groups in total. The molecule has 0 unspecified atom stereocenters. The number of amides is 1. The van der Waals surface area contributed by atoms with Gasteiger partial charge in [0, 0.05) is 0 Å². The van der Waals surface area contributed by atoms with Crippen LogP contribution in [0.2, 0.25) is 0 Å². The van der Waals surface area contributed by atoms with Gasteiger partial charge in [0.15, 0.2) is 0 Å². The molecule has 1 aliphatic rings. The zero-order valence-electron chi connectivity index (χ0n) is 14.7. The third kappa shape index (κ3) is 3.07. The summed E-state index contributed by atoms with van der Waals surface area (Å²) in [6.45, 7) is 5.97. The molecule has 1 heterocycles. The van der Waals surface area contributed by atoms with Crippen molar-refractivity contribution < 1.29 is 15.0 Å². The van der Waals surface area contributed by atoms with Crippen LogP contribution in [0.1, 0.15) is 36.5 Å². The number of aryl methyl sites for hydroxylation is 3. The maximum atomic E-state index is 11.8. The lowest BCUT2D eigenvalue weighted by Gasteiger charge is -2.27. The Morgan fingerprint density at radius 3 is 2.52 bits per heavy atom. The van der Waals surface area contributed by atoms with Crippen molar-refractivity contribution in [1.29, 1.82) is 0 Å². The minimum atomic E-state index is -1.12. The van der Waals surface area contributed by atoms with E-state index in [1.165, 1.54) is 5.12 Å². The molecule has 0 aliphatic carbocycles. The summed E-state index contributed by atoms with van der Waals surface area (Å²) in [5, 5.41) is 22.5. The van der Waals surface area contributed by atoms with Crippen LogP contribution < -0.4 is 15.6 Å². The van der Waals surface area contributed by atoms with Crippen LogP contribution in [-0.2, 0) is 6.42 Å². The smallest absolute Gasteiger partial charge is 0.432 e. The van der Waals surface area contributed by atoms with Gasteiger partial charge in [-0.05, 0) is 67.6 Å². The lowest BCUT2D eigenvalue weighted by Crippen LogP contribution is -2.45. The maximum Gasteiger partial charge on any atom is 0.432 e. The van der Waals surface area contributed by atoms with Crippen molar-refractivity contribution >= 4 is 23.2 Å². The van der Waals surface area contributed by atoms with Gasteiger partial charge in [-0.3, -0.25) is 5.43 Å². The number of carbonyl (C=O) groups is 1. The monoisotopic (exact) mass is 341 g/mol. The maximum absolute atomic E-state index is 11.8. The Morgan fingerprint density at radius 2 is 1.84 bits per heavy atom. The van der Waals surface area contributed by atoms with Gasteiger partial charge in [-0.25, -0.2) is 4.79 Å². The summed E-state index contributed by atoms with van der Waals surface area (Å²) in [5.74, 6) is 0.0286. The lowest BCUT2D eigenvalue weighted by atomic mass is 10.1. The summed E-state index contributed by atoms with van der Waals surface area (Å²) >= 11 is 0. The van der Waals surface area contributed by atoms with Crippen molar-refractivity contribution in [3.05, 3.63) is 47.0 Å². The van der Waals surface area contributed by atoms with E-state index in [-0.39, 0.29) is 5.75 Å². The number of rotatable bonds is 4. The highest BCUT2D eigenvalue weighted by atomic mass is 16.4. The topological polar surface area (TPSA) is 76.0 Å². The number of aromatic hydroxyl groups is 1. The summed E-state index contributed by atoms with van der Waals surface area (Å²) in [6.07, 6.45) is 2.02. The average molecular weight is 341 g/mol. The highest BCUT2D eigenvalue weighted by Gasteiger charge is 2.34. The minimum absolute atomic E-state index is 0.0286. The van der Waals surface area contributed by atoms with Gasteiger partial charge < -0.3 is 10.2 Å². The number of hydrogen-bond acceptors (Lipinski definition) is 4. The van der Waals surface area contributed by atoms with E-state index in [2.05, 4.69) is 12.3 Å². The van der Waals surface area contributed by atoms with Gasteiger partial charge in [-0.2, -0.15) is 10.1 Å². The molecular formula is C19H23N3O3. The Balaban J connectivity index is 2.01. The SMILES string of the molecule is CCCCc1ccc2c(c1)NN(c1cc(C)c(C)cc1O)N2C(=O)O. The highest BCUT2D eigenvalue weighted by molar-refractivity contribution is 5.99. The number of hydrogen-bond donors (Lipinski definition) is 3. The van der Waals surface area contributed by atoms with Gasteiger partial charge in [0.25, 0.3) is 0 Å². The van der Waals surface area contributed by atoms with E-state index < -0.39 is 6.09 Å². The van der Waals surface area contributed by atoms with E-state index in [4.69, 9.17) is 0 Å². The molecule has 25 heavy (non-hydrogen) atoms. The fraction of sp³-hybridized carbons (Fsp3) is 0.316. The molecule has 0 fully saturated rings. The molecule has 0 bridgehead atoms. The van der Waals surface area contributed by atoms with Crippen molar-refractivity contribution in [1.82, 2.24) is 0 Å². The molecule has 0 saturated carbocycles. The Morgan fingerprint density at radius 1 is 1.12 bits per heavy atom. The molecule has 0 saturated heterocycles. The van der Waals surface area contributed by atoms with Crippen LogP contribution in [0.25, 0.3) is 0 Å². The van der Waals surface area contributed by atoms with E-state index in [9.17, 15) is 15.0 Å². The molecule has 132 valence electrons. The second-order valence-electron chi connectivity index (χ2n) is 6.40. The minimum Gasteiger partial charge on any atom is -0.506 e. The molecule has 2 aromatic carbocycles. The van der Waals surface area contributed by atoms with Crippen LogP contribution >= 0.6 is 0 Å². The lowest BCUT2D eigenvalue weighted by molar-refractivity contribution is 0.202. The van der Waals surface area contributed by atoms with Gasteiger partial charge in [0.2, 0.25) is 0 Å². The zero-order valence-corrected chi connectivity index (χ0v) is 14.7. The number of unbranched alkanes of at least 4 members (excludes halogenated alkanes) is 1. The molecule has 0 radical (unpaired) electrons. The Kier molecular flexibility index (Phi) is 4.44. The van der Waals surface area contributed by atoms with Gasteiger partial charge in [-0.15, -0.1) is 0 Å². The van der Waals surface area contributed by atoms with E-state index in [1.807, 2.05) is 26.0 Å². The van der Waals surface area contributed by atoms with Crippen molar-refractivity contribution in [3.8, 4) is 5.75 Å². The van der Waals surface area contributed by atoms with E-state index >= 15 is 0 Å². The average Bonchev–Trinajstić information content (AvgIpc) is 2.94. The number of benzene rings is 2. The first-order valence-electron chi connectivity index (χ1n) is 8.45. The molecule has 6 heteroatoms. The molecule has 0 spiro atoms. The molecule has 2 aromatic rings. The Hall–Kier alpha value is -2.89. The van der Waals surface area contributed by atoms with E-state index in [0.717, 1.165) is 41.0 Å². The third-order valence-electron chi connectivity index (χ3n) is 4.53. The second kappa shape index (κ2) is 6.55. The normalized spacial score (nSPS) is 12.9. The largest absolute Gasteiger partial charge is 0.506 e. The standard InChI is InChI=1S/C19H23N3O3/c1-4-5-6-14-7-8-16-15(11-14)20-22(21(16)19(24)25)17-9-12(2)13(3)10-18(17)23/h7-11,20,23H,4-6H2,1-3H3,(H,24,25). The molecule has 6 nitrogen and oxygen atoms in total. The van der Waals surface area contributed by atoms with Gasteiger partial charge in [0.05, 0.1) is 11.4 Å². The number of anilines is 3. The Bertz CT molecular complexity index is 820. The predicted octanol–water partition coefficient (Wildman–Crippen LogP) is 4.60. The van der Waals surface area contributed by atoms with Gasteiger partial charge in [0.1, 0.15) is 11.4 Å². The van der Waals surface area contributed by atoms with Crippen LogP contribution in [-0.4, -0.2) is 16.3 Å². The highest BCUT2D eigenvalue weighted by Crippen LogP contribution is 2.41. The number of fused-ring (bicyclic) bond motifs is 1. The van der Waals surface area contributed by atoms with Crippen LogP contribution in [0.5, 0.6) is 5.75 Å². The van der Waals surface area contributed by atoms with Crippen molar-refractivity contribution in [2.75, 3.05) is 15.6 Å². The number of nitrogens with one attached hydrogen (secondary N) is 1. The Labute approximate surface area is 147 Å². The molecule has 1 amide bonds. The van der Waals surface area contributed by atoms with Crippen LogP contribution in [0.3, 0.4) is 0 Å². The first-order chi connectivity index (χ1) is 11.9. The molecule has 3 rings (SSSR count). The van der Waals surface area contributed by atoms with Crippen molar-refractivity contribution in [3.63, 3.8) is 0 Å². The number of carboxylic acid groups (broad SMARTS) is 1. The molecule has 0 aromatic heterocycles. The fourth-order valence-corrected chi connectivity index (χ4v) is 2.98. The van der Waals surface area contributed by atoms with Crippen molar-refractivity contribution in [2.24, 2.45) is 0 Å². The van der Waals surface area contributed by atoms with Crippen molar-refractivity contribution in [2.45, 2.75) is 40.0 Å². The first kappa shape index (κ1) is 17.0. The summed E-state index contributed by atoms with van der Waals surface area (Å²) in [7, 11) is 0. The van der Waals surface area contributed by atoms with Crippen LogP contribution in [0.15, 0.2) is 30.3 Å². The van der Waals surface area contributed by atoms with Crippen LogP contribution in [0.4, 0.5) is 21.9 Å². The molecular weight excluding hydrogens is 318 g/mol. The number of nitrogens with zero attached hydrogens (tertiary/aromatic N) is 2. The first-order valence-corrected chi connectivity index (χ1v) is 8.45. The van der Waals surface area contributed by atoms with E-state index in [0.29, 0.717) is 17.1 Å². The quantitative estimate of drug-likeness (QED) is 0.758. The number of phenols is 1. The number of hydrazine groups is 2. The summed E-state index contributed by atoms with van der Waals surface area (Å²) in [6, 6.07) is 9.15. The van der Waals surface area contributed by atoms with Gasteiger partial charge in [-0.1, -0.05) is 19.4 Å². The van der Waals surface area contributed by atoms with E-state index in [1.54, 1.807) is 18.2 Å². The van der Waals surface area contributed by atoms with Gasteiger partial charge >= 0.3 is 6.09 Å². The number of phenolic OH excluding ortho intramolecular Hbond substituents is 1. The second-order valence-corrected chi connectivity index (χ2v) is 6.40. The summed E-state index contributed by atoms with van der Waals surface area (Å²) < 4.78 is 0. The zero-order chi connectivity index (χ0) is 18.1. The molecule has 1 aliphatic heterocycles. The fourth-order valence-electron chi connectivity index (χ4n) is 2.98. The third-order valence-corrected chi connectivity index (χ3v) is 4.53. The summed E-state index contributed by atoms with van der Waals surface area (Å²) in [4.78, 5) is 11.8. The predicted molar refractivity (Wildman–Crippen MR) is 99.2 cm³/mol.